The lowest BCUT2D eigenvalue weighted by Gasteiger charge is -2.00. The molecule has 0 aliphatic carbocycles. The highest BCUT2D eigenvalue weighted by Gasteiger charge is 1.99. The summed E-state index contributed by atoms with van der Waals surface area (Å²) in [6, 6.07) is 0. The second kappa shape index (κ2) is 10.4. The summed E-state index contributed by atoms with van der Waals surface area (Å²) in [6.07, 6.45) is 7.25. The largest absolute Gasteiger partial charge is 0.469 e. The van der Waals surface area contributed by atoms with Crippen LogP contribution in [0.1, 0.15) is 51.4 Å². The van der Waals surface area contributed by atoms with Gasteiger partial charge in [-0.05, 0) is 12.8 Å². The van der Waals surface area contributed by atoms with E-state index >= 15 is 0 Å². The van der Waals surface area contributed by atoms with E-state index in [9.17, 15) is 14.9 Å². The first kappa shape index (κ1) is 14.9. The van der Waals surface area contributed by atoms with Crippen molar-refractivity contribution in [2.45, 2.75) is 51.4 Å². The average Bonchev–Trinajstić information content (AvgIpc) is 2.26. The van der Waals surface area contributed by atoms with Gasteiger partial charge in [-0.2, -0.15) is 0 Å². The summed E-state index contributed by atoms with van der Waals surface area (Å²) in [6.45, 7) is 0.0857. The van der Waals surface area contributed by atoms with E-state index in [1.54, 1.807) is 0 Å². The molecule has 0 heterocycles. The second-order valence-corrected chi connectivity index (χ2v) is 3.86. The van der Waals surface area contributed by atoms with Gasteiger partial charge in [0.25, 0.3) is 0 Å². The van der Waals surface area contributed by atoms with Crippen molar-refractivity contribution in [2.24, 2.45) is 0 Å². The van der Waals surface area contributed by atoms with Crippen LogP contribution in [0.25, 0.3) is 0 Å². The van der Waals surface area contributed by atoms with Gasteiger partial charge >= 0.3 is 5.97 Å². The summed E-state index contributed by atoms with van der Waals surface area (Å²) in [5.74, 6) is -0.147. The van der Waals surface area contributed by atoms with Crippen molar-refractivity contribution in [1.82, 2.24) is 0 Å². The van der Waals surface area contributed by atoms with Crippen LogP contribution in [0.4, 0.5) is 0 Å². The van der Waals surface area contributed by atoms with E-state index < -0.39 is 0 Å². The van der Waals surface area contributed by atoms with Crippen LogP contribution in [0.15, 0.2) is 0 Å². The number of carbonyl (C=O) groups excluding carboxylic acids is 1. The minimum Gasteiger partial charge on any atom is -0.469 e. The zero-order valence-corrected chi connectivity index (χ0v) is 9.94. The first-order valence-corrected chi connectivity index (χ1v) is 5.85. The molecular weight excluding hydrogens is 210 g/mol. The molecule has 5 nitrogen and oxygen atoms in total. The molecule has 0 spiro atoms. The first-order valence-electron chi connectivity index (χ1n) is 5.85. The number of nitro groups is 1. The van der Waals surface area contributed by atoms with Gasteiger partial charge in [-0.25, -0.2) is 0 Å². The van der Waals surface area contributed by atoms with E-state index in [0.717, 1.165) is 38.5 Å². The third kappa shape index (κ3) is 10.9. The quantitative estimate of drug-likeness (QED) is 0.251. The van der Waals surface area contributed by atoms with Crippen LogP contribution in [0.5, 0.6) is 0 Å². The summed E-state index contributed by atoms with van der Waals surface area (Å²) < 4.78 is 4.53. The van der Waals surface area contributed by atoms with Crippen molar-refractivity contribution in [1.29, 1.82) is 0 Å². The van der Waals surface area contributed by atoms with Gasteiger partial charge in [-0.1, -0.05) is 25.7 Å². The highest BCUT2D eigenvalue weighted by molar-refractivity contribution is 5.68. The molecule has 0 rings (SSSR count). The highest BCUT2D eigenvalue weighted by atomic mass is 16.6. The van der Waals surface area contributed by atoms with Crippen molar-refractivity contribution < 1.29 is 14.5 Å². The number of unbranched alkanes of at least 4 members (excludes halogenated alkanes) is 6. The zero-order chi connectivity index (χ0) is 12.2. The number of carbonyl (C=O) groups is 1. The molecule has 0 unspecified atom stereocenters. The molecule has 94 valence electrons. The molecule has 0 aromatic heterocycles. The van der Waals surface area contributed by atoms with E-state index in [4.69, 9.17) is 0 Å². The van der Waals surface area contributed by atoms with Gasteiger partial charge in [-0.15, -0.1) is 0 Å². The Labute approximate surface area is 96.3 Å². The number of hydrogen-bond acceptors (Lipinski definition) is 4. The molecule has 0 saturated heterocycles. The van der Waals surface area contributed by atoms with E-state index in [-0.39, 0.29) is 17.4 Å². The molecule has 0 aromatic rings. The number of ether oxygens (including phenoxy) is 1. The summed E-state index contributed by atoms with van der Waals surface area (Å²) in [5, 5.41) is 10.0. The molecule has 0 aliphatic heterocycles. The van der Waals surface area contributed by atoms with E-state index in [1.165, 1.54) is 7.11 Å². The summed E-state index contributed by atoms with van der Waals surface area (Å²) >= 11 is 0. The van der Waals surface area contributed by atoms with Crippen molar-refractivity contribution in [3.63, 3.8) is 0 Å². The van der Waals surface area contributed by atoms with Crippen LogP contribution in [-0.4, -0.2) is 24.5 Å². The van der Waals surface area contributed by atoms with Gasteiger partial charge < -0.3 is 4.74 Å². The molecule has 0 atom stereocenters. The molecule has 16 heavy (non-hydrogen) atoms. The Kier molecular flexibility index (Phi) is 9.66. The Bertz CT molecular complexity index is 206. The Morgan fingerprint density at radius 3 is 2.06 bits per heavy atom. The lowest BCUT2D eigenvalue weighted by Crippen LogP contribution is -2.00. The van der Waals surface area contributed by atoms with Crippen LogP contribution in [0.2, 0.25) is 0 Å². The molecule has 0 bridgehead atoms. The average molecular weight is 231 g/mol. The molecule has 0 N–H and O–H groups in total. The predicted octanol–water partition coefficient (Wildman–Crippen LogP) is 2.56. The normalized spacial score (nSPS) is 10.1. The van der Waals surface area contributed by atoms with Crippen molar-refractivity contribution in [3.05, 3.63) is 10.1 Å². The van der Waals surface area contributed by atoms with Gasteiger partial charge in [0.05, 0.1) is 7.11 Å². The molecular formula is C11H21NO4. The standard InChI is InChI=1S/C11H21NO4/c1-16-11(13)9-7-5-3-2-4-6-8-10-12(14)15/h2-10H2,1H3. The summed E-state index contributed by atoms with van der Waals surface area (Å²) in [4.78, 5) is 20.5. The maximum absolute atomic E-state index is 10.8. The van der Waals surface area contributed by atoms with Gasteiger partial charge in [0.2, 0.25) is 6.54 Å². The molecule has 0 saturated carbocycles. The Hall–Kier alpha value is -1.13. The predicted molar refractivity (Wildman–Crippen MR) is 60.8 cm³/mol. The summed E-state index contributed by atoms with van der Waals surface area (Å²) in [7, 11) is 1.40. The second-order valence-electron chi connectivity index (χ2n) is 3.86. The smallest absolute Gasteiger partial charge is 0.305 e. The number of esters is 1. The van der Waals surface area contributed by atoms with Crippen molar-refractivity contribution in [3.8, 4) is 0 Å². The zero-order valence-electron chi connectivity index (χ0n) is 9.94. The maximum atomic E-state index is 10.8. The van der Waals surface area contributed by atoms with Crippen LogP contribution in [0.3, 0.4) is 0 Å². The van der Waals surface area contributed by atoms with Gasteiger partial charge in [0.15, 0.2) is 0 Å². The Balaban J connectivity index is 3.04. The topological polar surface area (TPSA) is 69.4 Å². The molecule has 0 fully saturated rings. The number of hydrogen-bond donors (Lipinski definition) is 0. The molecule has 0 aromatic carbocycles. The van der Waals surface area contributed by atoms with Crippen LogP contribution < -0.4 is 0 Å². The molecule has 0 aliphatic rings. The SMILES string of the molecule is COC(=O)CCCCCCCCC[N+](=O)[O-]. The minimum absolute atomic E-state index is 0.0857. The van der Waals surface area contributed by atoms with Crippen molar-refractivity contribution >= 4 is 5.97 Å². The fourth-order valence-corrected chi connectivity index (χ4v) is 1.50. The number of nitrogens with zero attached hydrogens (tertiary/aromatic N) is 1. The van der Waals surface area contributed by atoms with Crippen molar-refractivity contribution in [2.75, 3.05) is 13.7 Å². The van der Waals surface area contributed by atoms with E-state index in [0.29, 0.717) is 12.8 Å². The molecule has 0 amide bonds. The maximum Gasteiger partial charge on any atom is 0.305 e. The Morgan fingerprint density at radius 2 is 1.56 bits per heavy atom. The third-order valence-corrected chi connectivity index (χ3v) is 2.45. The third-order valence-electron chi connectivity index (χ3n) is 2.45. The fraction of sp³-hybridized carbons (Fsp3) is 0.909. The molecule has 5 heteroatoms. The van der Waals surface area contributed by atoms with Gasteiger partial charge in [0, 0.05) is 17.8 Å². The minimum atomic E-state index is -0.268. The molecule has 0 radical (unpaired) electrons. The lowest BCUT2D eigenvalue weighted by molar-refractivity contribution is -0.480. The van der Waals surface area contributed by atoms with Crippen LogP contribution in [0, 0.1) is 10.1 Å². The lowest BCUT2D eigenvalue weighted by atomic mass is 10.1. The van der Waals surface area contributed by atoms with E-state index in [1.807, 2.05) is 0 Å². The fourth-order valence-electron chi connectivity index (χ4n) is 1.50. The van der Waals surface area contributed by atoms with Crippen LogP contribution in [-0.2, 0) is 9.53 Å². The number of methoxy groups -OCH3 is 1. The van der Waals surface area contributed by atoms with Crippen LogP contribution >= 0.6 is 0 Å². The first-order chi connectivity index (χ1) is 7.66. The number of rotatable bonds is 10. The van der Waals surface area contributed by atoms with Gasteiger partial charge in [0.1, 0.15) is 0 Å². The Morgan fingerprint density at radius 1 is 1.06 bits per heavy atom. The monoisotopic (exact) mass is 231 g/mol. The van der Waals surface area contributed by atoms with E-state index in [2.05, 4.69) is 4.74 Å². The summed E-state index contributed by atoms with van der Waals surface area (Å²) in [5.41, 5.74) is 0. The van der Waals surface area contributed by atoms with Gasteiger partial charge in [-0.3, -0.25) is 14.9 Å². The highest BCUT2D eigenvalue weighted by Crippen LogP contribution is 2.08.